The van der Waals surface area contributed by atoms with Crippen molar-refractivity contribution in [3.63, 3.8) is 0 Å². The molecular weight excluding hydrogens is 355 g/mol. The third-order valence-corrected chi connectivity index (χ3v) is 4.64. The second kappa shape index (κ2) is 5.59. The third-order valence-electron chi connectivity index (χ3n) is 3.68. The highest BCUT2D eigenvalue weighted by Gasteiger charge is 2.35. The van der Waals surface area contributed by atoms with Gasteiger partial charge in [-0.2, -0.15) is 18.3 Å². The molecule has 3 heterocycles. The van der Waals surface area contributed by atoms with Gasteiger partial charge < -0.3 is 5.32 Å². The number of halogens is 3. The van der Waals surface area contributed by atoms with Crippen LogP contribution in [0.3, 0.4) is 0 Å². The Morgan fingerprint density at radius 1 is 1.36 bits per heavy atom. The first kappa shape index (κ1) is 15.6. The van der Waals surface area contributed by atoms with Gasteiger partial charge in [-0.1, -0.05) is 6.07 Å². The molecule has 0 saturated carbocycles. The molecule has 3 aromatic heterocycles. The monoisotopic (exact) mass is 365 g/mol. The first-order valence-electron chi connectivity index (χ1n) is 7.15. The normalized spacial score (nSPS) is 12.1. The van der Waals surface area contributed by atoms with Gasteiger partial charge in [0.1, 0.15) is 16.9 Å². The number of H-pyrrole nitrogens is 1. The fourth-order valence-electron chi connectivity index (χ4n) is 2.54. The zero-order valence-electron chi connectivity index (χ0n) is 12.5. The zero-order valence-corrected chi connectivity index (χ0v) is 13.3. The Morgan fingerprint density at radius 3 is 3.00 bits per heavy atom. The van der Waals surface area contributed by atoms with E-state index in [0.717, 1.165) is 43.9 Å². The van der Waals surface area contributed by atoms with Crippen LogP contribution < -0.4 is 5.32 Å². The molecule has 6 nitrogen and oxygen atoms in total. The molecule has 0 unspecified atom stereocenters. The summed E-state index contributed by atoms with van der Waals surface area (Å²) in [6.45, 7) is 0. The molecular formula is C15H10F3N5OS. The Kier molecular flexibility index (Phi) is 3.49. The predicted molar refractivity (Wildman–Crippen MR) is 86.5 cm³/mol. The van der Waals surface area contributed by atoms with Crippen molar-refractivity contribution in [1.29, 1.82) is 0 Å². The van der Waals surface area contributed by atoms with E-state index in [0.29, 0.717) is 0 Å². The quantitative estimate of drug-likeness (QED) is 0.584. The highest BCUT2D eigenvalue weighted by Crippen LogP contribution is 2.34. The maximum absolute atomic E-state index is 12.9. The summed E-state index contributed by atoms with van der Waals surface area (Å²) in [5, 5.41) is 11.2. The van der Waals surface area contributed by atoms with Crippen LogP contribution >= 0.6 is 11.3 Å². The van der Waals surface area contributed by atoms with E-state index in [9.17, 15) is 18.0 Å². The van der Waals surface area contributed by atoms with Crippen molar-refractivity contribution >= 4 is 38.8 Å². The largest absolute Gasteiger partial charge is 0.432 e. The number of imidazole rings is 1. The summed E-state index contributed by atoms with van der Waals surface area (Å²) in [5.41, 5.74) is 0.813. The molecule has 0 aliphatic carbocycles. The SMILES string of the molecule is O=C(Cc1ccc2[nH]ncc2c1)Nc1ncn2c(C(F)(F)F)csc12. The van der Waals surface area contributed by atoms with E-state index < -0.39 is 11.9 Å². The summed E-state index contributed by atoms with van der Waals surface area (Å²) in [6, 6.07) is 5.43. The van der Waals surface area contributed by atoms with Crippen molar-refractivity contribution in [2.24, 2.45) is 0 Å². The molecule has 0 bridgehead atoms. The summed E-state index contributed by atoms with van der Waals surface area (Å²) in [6.07, 6.45) is -1.68. The van der Waals surface area contributed by atoms with Crippen LogP contribution in [0, 0.1) is 0 Å². The zero-order chi connectivity index (χ0) is 17.6. The Hall–Kier alpha value is -2.88. The molecule has 25 heavy (non-hydrogen) atoms. The van der Waals surface area contributed by atoms with E-state index in [1.54, 1.807) is 12.3 Å². The lowest BCUT2D eigenvalue weighted by Crippen LogP contribution is -2.14. The predicted octanol–water partition coefficient (Wildman–Crippen LogP) is 3.47. The smallest absolute Gasteiger partial charge is 0.308 e. The summed E-state index contributed by atoms with van der Waals surface area (Å²) < 4.78 is 39.6. The van der Waals surface area contributed by atoms with Crippen molar-refractivity contribution in [2.45, 2.75) is 12.6 Å². The number of carbonyl (C=O) groups is 1. The molecule has 0 fully saturated rings. The second-order valence-electron chi connectivity index (χ2n) is 5.40. The number of aromatic amines is 1. The number of rotatable bonds is 3. The van der Waals surface area contributed by atoms with Crippen molar-refractivity contribution in [3.8, 4) is 0 Å². The highest BCUT2D eigenvalue weighted by atomic mass is 32.1. The number of nitrogens with zero attached hydrogens (tertiary/aromatic N) is 3. The van der Waals surface area contributed by atoms with Crippen LogP contribution in [0.15, 0.2) is 36.1 Å². The molecule has 0 saturated heterocycles. The Balaban J connectivity index is 1.54. The van der Waals surface area contributed by atoms with Gasteiger partial charge in [0.05, 0.1) is 18.1 Å². The molecule has 0 atom stereocenters. The fourth-order valence-corrected chi connectivity index (χ4v) is 3.49. The van der Waals surface area contributed by atoms with Crippen LogP contribution in [0.2, 0.25) is 0 Å². The third kappa shape index (κ3) is 2.84. The van der Waals surface area contributed by atoms with Crippen LogP contribution in [0.1, 0.15) is 11.3 Å². The molecule has 0 aliphatic heterocycles. The molecule has 2 N–H and O–H groups in total. The number of anilines is 1. The first-order chi connectivity index (χ1) is 11.9. The Morgan fingerprint density at radius 2 is 2.20 bits per heavy atom. The molecule has 10 heteroatoms. The minimum absolute atomic E-state index is 0.0810. The summed E-state index contributed by atoms with van der Waals surface area (Å²) >= 11 is 0.879. The van der Waals surface area contributed by atoms with Gasteiger partial charge in [-0.05, 0) is 17.7 Å². The van der Waals surface area contributed by atoms with E-state index in [2.05, 4.69) is 20.5 Å². The number of amides is 1. The molecule has 128 valence electrons. The maximum atomic E-state index is 12.9. The van der Waals surface area contributed by atoms with Crippen molar-refractivity contribution in [2.75, 3.05) is 5.32 Å². The lowest BCUT2D eigenvalue weighted by atomic mass is 10.1. The molecule has 4 rings (SSSR count). The topological polar surface area (TPSA) is 75.1 Å². The van der Waals surface area contributed by atoms with Gasteiger partial charge in [0.2, 0.25) is 5.91 Å². The van der Waals surface area contributed by atoms with Gasteiger partial charge in [-0.3, -0.25) is 14.3 Å². The minimum atomic E-state index is -4.47. The van der Waals surface area contributed by atoms with Crippen LogP contribution in [0.25, 0.3) is 15.7 Å². The first-order valence-corrected chi connectivity index (χ1v) is 8.03. The number of fused-ring (bicyclic) bond motifs is 2. The van der Waals surface area contributed by atoms with Crippen molar-refractivity contribution in [1.82, 2.24) is 19.6 Å². The van der Waals surface area contributed by atoms with Crippen LogP contribution in [0.4, 0.5) is 19.0 Å². The number of aromatic nitrogens is 4. The average Bonchev–Trinajstić information content (AvgIpc) is 3.22. The van der Waals surface area contributed by atoms with Gasteiger partial charge >= 0.3 is 6.18 Å². The van der Waals surface area contributed by atoms with E-state index in [1.165, 1.54) is 0 Å². The van der Waals surface area contributed by atoms with Crippen LogP contribution in [0.5, 0.6) is 0 Å². The van der Waals surface area contributed by atoms with Gasteiger partial charge in [0.15, 0.2) is 5.82 Å². The fraction of sp³-hybridized carbons (Fsp3) is 0.133. The van der Waals surface area contributed by atoms with Gasteiger partial charge in [0.25, 0.3) is 0 Å². The molecule has 1 aromatic carbocycles. The number of nitrogens with one attached hydrogen (secondary N) is 2. The van der Waals surface area contributed by atoms with Crippen LogP contribution in [-0.2, 0) is 17.4 Å². The number of thiazole rings is 1. The van der Waals surface area contributed by atoms with E-state index in [-0.39, 0.29) is 23.0 Å². The van der Waals surface area contributed by atoms with E-state index in [1.807, 2.05) is 12.1 Å². The van der Waals surface area contributed by atoms with Gasteiger partial charge in [-0.15, -0.1) is 11.3 Å². The van der Waals surface area contributed by atoms with Gasteiger partial charge in [-0.25, -0.2) is 4.98 Å². The molecule has 0 radical (unpaired) electrons. The number of carbonyl (C=O) groups excluding carboxylic acids is 1. The molecule has 0 spiro atoms. The maximum Gasteiger partial charge on any atom is 0.432 e. The molecule has 0 aliphatic rings. The van der Waals surface area contributed by atoms with E-state index >= 15 is 0 Å². The summed E-state index contributed by atoms with van der Waals surface area (Å²) in [7, 11) is 0. The number of hydrogen-bond acceptors (Lipinski definition) is 4. The average molecular weight is 365 g/mol. The van der Waals surface area contributed by atoms with Crippen molar-refractivity contribution < 1.29 is 18.0 Å². The molecule has 4 aromatic rings. The standard InChI is InChI=1S/C15H10F3N5OS/c16-15(17,18)11-6-25-14-13(19-7-23(11)14)21-12(24)4-8-1-2-10-9(3-8)5-20-22-10/h1-3,5-7H,4H2,(H,20,22)(H,21,24). The van der Waals surface area contributed by atoms with Crippen molar-refractivity contribution in [3.05, 3.63) is 47.4 Å². The lowest BCUT2D eigenvalue weighted by molar-refractivity contribution is -0.141. The van der Waals surface area contributed by atoms with Crippen LogP contribution in [-0.4, -0.2) is 25.5 Å². The Bertz CT molecular complexity index is 1080. The second-order valence-corrected chi connectivity index (χ2v) is 6.26. The van der Waals surface area contributed by atoms with E-state index in [4.69, 9.17) is 0 Å². The van der Waals surface area contributed by atoms with Gasteiger partial charge in [0, 0.05) is 10.8 Å². The lowest BCUT2D eigenvalue weighted by Gasteiger charge is -2.03. The summed E-state index contributed by atoms with van der Waals surface area (Å²) in [5.74, 6) is -0.236. The number of benzene rings is 1. The molecule has 1 amide bonds. The number of alkyl halides is 3. The number of hydrogen-bond donors (Lipinski definition) is 2. The Labute approximate surface area is 142 Å². The highest BCUT2D eigenvalue weighted by molar-refractivity contribution is 7.16. The minimum Gasteiger partial charge on any atom is -0.308 e. The summed E-state index contributed by atoms with van der Waals surface area (Å²) in [4.78, 5) is 16.3.